The fraction of sp³-hybridized carbons (Fsp3) is 0.133. The van der Waals surface area contributed by atoms with Crippen molar-refractivity contribution in [1.29, 1.82) is 0 Å². The topological polar surface area (TPSA) is 78.4 Å². The molecule has 0 aliphatic rings. The van der Waals surface area contributed by atoms with Crippen LogP contribution in [0.2, 0.25) is 0 Å². The van der Waals surface area contributed by atoms with Gasteiger partial charge in [-0.3, -0.25) is 0 Å². The van der Waals surface area contributed by atoms with E-state index in [1.165, 1.54) is 6.26 Å². The van der Waals surface area contributed by atoms with Crippen LogP contribution in [0.15, 0.2) is 51.5 Å². The molecule has 6 nitrogen and oxygen atoms in total. The van der Waals surface area contributed by atoms with Crippen molar-refractivity contribution in [2.24, 2.45) is 0 Å². The third-order valence-electron chi connectivity index (χ3n) is 2.97. The van der Waals surface area contributed by atoms with Gasteiger partial charge in [-0.15, -0.1) is 10.2 Å². The van der Waals surface area contributed by atoms with Crippen LogP contribution >= 0.6 is 0 Å². The quantitative estimate of drug-likeness (QED) is 0.675. The Kier molecular flexibility index (Phi) is 4.07. The zero-order chi connectivity index (χ0) is 17.2. The second-order valence-corrected chi connectivity index (χ2v) is 4.63. The van der Waals surface area contributed by atoms with E-state index in [0.717, 1.165) is 24.3 Å². The minimum atomic E-state index is -4.46. The lowest BCUT2D eigenvalue weighted by atomic mass is 10.1. The molecular weight excluding hydrogens is 329 g/mol. The molecule has 0 unspecified atom stereocenters. The van der Waals surface area contributed by atoms with Crippen molar-refractivity contribution >= 4 is 5.97 Å². The molecule has 0 amide bonds. The van der Waals surface area contributed by atoms with E-state index < -0.39 is 17.7 Å². The van der Waals surface area contributed by atoms with E-state index in [-0.39, 0.29) is 24.0 Å². The van der Waals surface area contributed by atoms with Crippen molar-refractivity contribution in [1.82, 2.24) is 10.2 Å². The van der Waals surface area contributed by atoms with Crippen molar-refractivity contribution in [2.45, 2.75) is 12.8 Å². The van der Waals surface area contributed by atoms with Gasteiger partial charge in [0.2, 0.25) is 0 Å². The van der Waals surface area contributed by atoms with Gasteiger partial charge >= 0.3 is 12.1 Å². The van der Waals surface area contributed by atoms with Gasteiger partial charge in [-0.1, -0.05) is 0 Å². The summed E-state index contributed by atoms with van der Waals surface area (Å²) in [7, 11) is 0. The molecule has 0 aliphatic carbocycles. The van der Waals surface area contributed by atoms with Crippen LogP contribution in [0.4, 0.5) is 13.2 Å². The molecule has 9 heteroatoms. The van der Waals surface area contributed by atoms with E-state index >= 15 is 0 Å². The molecule has 124 valence electrons. The van der Waals surface area contributed by atoms with E-state index in [9.17, 15) is 18.0 Å². The Bertz CT molecular complexity index is 823. The number of halogens is 3. The molecule has 0 N–H and O–H groups in total. The predicted octanol–water partition coefficient (Wildman–Crippen LogP) is 3.71. The molecule has 2 aromatic heterocycles. The number of hydrogen-bond donors (Lipinski definition) is 0. The highest BCUT2D eigenvalue weighted by atomic mass is 19.4. The van der Waals surface area contributed by atoms with Crippen LogP contribution in [0.5, 0.6) is 0 Å². The number of esters is 1. The first-order valence-corrected chi connectivity index (χ1v) is 6.64. The third-order valence-corrected chi connectivity index (χ3v) is 2.97. The lowest BCUT2D eigenvalue weighted by molar-refractivity contribution is -0.137. The summed E-state index contributed by atoms with van der Waals surface area (Å²) >= 11 is 0. The summed E-state index contributed by atoms with van der Waals surface area (Å²) in [5, 5.41) is 7.40. The van der Waals surface area contributed by atoms with Crippen LogP contribution in [0.25, 0.3) is 11.7 Å². The molecule has 0 spiro atoms. The Balaban J connectivity index is 1.61. The van der Waals surface area contributed by atoms with E-state index in [4.69, 9.17) is 13.6 Å². The third kappa shape index (κ3) is 3.45. The predicted molar refractivity (Wildman–Crippen MR) is 72.6 cm³/mol. The standard InChI is InChI=1S/C15H9F3N2O4/c16-15(17,18)10-5-3-9(4-6-10)14(21)23-8-12-19-20-13(24-12)11-2-1-7-22-11/h1-7H,8H2. The molecule has 0 aliphatic heterocycles. The van der Waals surface area contributed by atoms with Gasteiger partial charge in [0.1, 0.15) is 0 Å². The number of benzene rings is 1. The van der Waals surface area contributed by atoms with Gasteiger partial charge in [-0.05, 0) is 36.4 Å². The maximum Gasteiger partial charge on any atom is 0.416 e. The molecule has 2 heterocycles. The Morgan fingerprint density at radius 3 is 2.50 bits per heavy atom. The first kappa shape index (κ1) is 15.8. The molecule has 24 heavy (non-hydrogen) atoms. The van der Waals surface area contributed by atoms with Gasteiger partial charge in [-0.2, -0.15) is 13.2 Å². The number of nitrogens with zero attached hydrogens (tertiary/aromatic N) is 2. The Morgan fingerprint density at radius 2 is 1.88 bits per heavy atom. The fourth-order valence-electron chi connectivity index (χ4n) is 1.82. The lowest BCUT2D eigenvalue weighted by Crippen LogP contribution is -2.08. The van der Waals surface area contributed by atoms with Gasteiger partial charge in [0, 0.05) is 0 Å². The molecule has 3 rings (SSSR count). The maximum atomic E-state index is 12.5. The summed E-state index contributed by atoms with van der Waals surface area (Å²) in [4.78, 5) is 11.8. The highest BCUT2D eigenvalue weighted by Gasteiger charge is 2.30. The summed E-state index contributed by atoms with van der Waals surface area (Å²) in [5.74, 6) is -0.286. The molecule has 1 aromatic carbocycles. The van der Waals surface area contributed by atoms with Crippen LogP contribution in [-0.2, 0) is 17.5 Å². The molecule has 0 bridgehead atoms. The first-order chi connectivity index (χ1) is 11.4. The van der Waals surface area contributed by atoms with Crippen LogP contribution in [-0.4, -0.2) is 16.2 Å². The van der Waals surface area contributed by atoms with Crippen LogP contribution in [0, 0.1) is 0 Å². The molecular formula is C15H9F3N2O4. The van der Waals surface area contributed by atoms with Crippen molar-refractivity contribution in [3.63, 3.8) is 0 Å². The van der Waals surface area contributed by atoms with E-state index in [2.05, 4.69) is 10.2 Å². The smallest absolute Gasteiger partial charge is 0.416 e. The lowest BCUT2D eigenvalue weighted by Gasteiger charge is -2.07. The summed E-state index contributed by atoms with van der Waals surface area (Å²) in [6, 6.07) is 6.94. The van der Waals surface area contributed by atoms with E-state index in [1.54, 1.807) is 12.1 Å². The highest BCUT2D eigenvalue weighted by Crippen LogP contribution is 2.29. The van der Waals surface area contributed by atoms with Crippen molar-refractivity contribution < 1.29 is 31.5 Å². The van der Waals surface area contributed by atoms with E-state index in [1.807, 2.05) is 0 Å². The van der Waals surface area contributed by atoms with Crippen molar-refractivity contribution in [3.8, 4) is 11.7 Å². The van der Waals surface area contributed by atoms with Gasteiger partial charge in [-0.25, -0.2) is 4.79 Å². The van der Waals surface area contributed by atoms with Crippen molar-refractivity contribution in [2.75, 3.05) is 0 Å². The van der Waals surface area contributed by atoms with Crippen molar-refractivity contribution in [3.05, 3.63) is 59.7 Å². The number of aromatic nitrogens is 2. The highest BCUT2D eigenvalue weighted by molar-refractivity contribution is 5.89. The minimum absolute atomic E-state index is 0.0197. The van der Waals surface area contributed by atoms with Crippen LogP contribution < -0.4 is 0 Å². The summed E-state index contributed by atoms with van der Waals surface area (Å²) in [5.41, 5.74) is -0.868. The SMILES string of the molecule is O=C(OCc1nnc(-c2ccco2)o1)c1ccc(C(F)(F)F)cc1. The number of alkyl halides is 3. The Labute approximate surface area is 132 Å². The fourth-order valence-corrected chi connectivity index (χ4v) is 1.82. The van der Waals surface area contributed by atoms with Crippen LogP contribution in [0.1, 0.15) is 21.8 Å². The minimum Gasteiger partial charge on any atom is -0.459 e. The number of ether oxygens (including phenoxy) is 1. The Morgan fingerprint density at radius 1 is 1.12 bits per heavy atom. The molecule has 0 radical (unpaired) electrons. The number of hydrogen-bond acceptors (Lipinski definition) is 6. The van der Waals surface area contributed by atoms with Gasteiger partial charge in [0.05, 0.1) is 17.4 Å². The first-order valence-electron chi connectivity index (χ1n) is 6.64. The summed E-state index contributed by atoms with van der Waals surface area (Å²) in [6.45, 7) is -0.312. The zero-order valence-corrected chi connectivity index (χ0v) is 11.9. The maximum absolute atomic E-state index is 12.5. The summed E-state index contributed by atoms with van der Waals surface area (Å²) < 4.78 is 52.6. The van der Waals surface area contributed by atoms with Crippen LogP contribution in [0.3, 0.4) is 0 Å². The van der Waals surface area contributed by atoms with E-state index in [0.29, 0.717) is 5.76 Å². The summed E-state index contributed by atoms with van der Waals surface area (Å²) in [6.07, 6.45) is -3.03. The Hall–Kier alpha value is -3.10. The number of carbonyl (C=O) groups is 1. The molecule has 3 aromatic rings. The molecule has 0 saturated heterocycles. The van der Waals surface area contributed by atoms with Gasteiger partial charge in [0.15, 0.2) is 12.4 Å². The average molecular weight is 338 g/mol. The number of rotatable bonds is 4. The number of carbonyl (C=O) groups excluding carboxylic acids is 1. The molecule has 0 saturated carbocycles. The second-order valence-electron chi connectivity index (χ2n) is 4.63. The van der Waals surface area contributed by atoms with Gasteiger partial charge in [0.25, 0.3) is 11.8 Å². The monoisotopic (exact) mass is 338 g/mol. The normalized spacial score (nSPS) is 11.5. The largest absolute Gasteiger partial charge is 0.459 e. The second kappa shape index (κ2) is 6.19. The van der Waals surface area contributed by atoms with Gasteiger partial charge < -0.3 is 13.6 Å². The molecule has 0 atom stereocenters. The molecule has 0 fully saturated rings. The zero-order valence-electron chi connectivity index (χ0n) is 11.9. The average Bonchev–Trinajstić information content (AvgIpc) is 3.23. The number of furan rings is 1.